The quantitative estimate of drug-likeness (QED) is 0.103. The van der Waals surface area contributed by atoms with Gasteiger partial charge >= 0.3 is 6.09 Å². The number of fused-ring (bicyclic) bond motifs is 1. The second-order valence-corrected chi connectivity index (χ2v) is 21.3. The highest BCUT2D eigenvalue weighted by Gasteiger charge is 2.52. The van der Waals surface area contributed by atoms with Crippen LogP contribution in [0.4, 0.5) is 10.5 Å². The zero-order valence-electron chi connectivity index (χ0n) is 31.4. The van der Waals surface area contributed by atoms with Gasteiger partial charge in [0.15, 0.2) is 8.32 Å². The summed E-state index contributed by atoms with van der Waals surface area (Å²) in [6.45, 7) is 23.0. The number of unbranched alkanes of at least 4 members (excludes halogenated alkanes) is 1. The minimum Gasteiger partial charge on any atom is -0.441 e. The van der Waals surface area contributed by atoms with Crippen LogP contribution >= 0.6 is 0 Å². The fourth-order valence-electron chi connectivity index (χ4n) is 7.51. The molecule has 0 spiro atoms. The zero-order chi connectivity index (χ0) is 35.2. The van der Waals surface area contributed by atoms with Crippen molar-refractivity contribution in [2.75, 3.05) is 19.2 Å². The van der Waals surface area contributed by atoms with Crippen LogP contribution in [0.2, 0.25) is 18.1 Å². The largest absolute Gasteiger partial charge is 0.441 e. The van der Waals surface area contributed by atoms with Crippen LogP contribution in [0.15, 0.2) is 77.4 Å². The lowest BCUT2D eigenvalue weighted by Gasteiger charge is -2.41. The van der Waals surface area contributed by atoms with Crippen LogP contribution in [-0.2, 0) is 18.6 Å². The first-order chi connectivity index (χ1) is 22.5. The monoisotopic (exact) mass is 677 g/mol. The molecule has 0 heterocycles. The van der Waals surface area contributed by atoms with E-state index in [0.717, 1.165) is 69.9 Å². The Bertz CT molecular complexity index is 1350. The molecule has 0 aliphatic heterocycles. The number of methoxy groups -OCH3 is 1. The summed E-state index contributed by atoms with van der Waals surface area (Å²) in [4.78, 5) is 13.2. The van der Waals surface area contributed by atoms with Gasteiger partial charge in [-0.2, -0.15) is 0 Å². The molecule has 0 saturated heterocycles. The summed E-state index contributed by atoms with van der Waals surface area (Å²) in [7, 11) is -0.194. The summed E-state index contributed by atoms with van der Waals surface area (Å²) in [5.74, 6) is 0.321. The van der Waals surface area contributed by atoms with Crippen LogP contribution in [0.5, 0.6) is 0 Å². The number of amides is 1. The Hall–Kier alpha value is -2.45. The number of rotatable bonds is 12. The van der Waals surface area contributed by atoms with Gasteiger partial charge in [-0.1, -0.05) is 81.8 Å². The molecule has 3 saturated carbocycles. The molecule has 4 rings (SSSR count). The number of para-hydroxylation sites is 1. The number of hydrogen-bond donors (Lipinski definition) is 1. The lowest BCUT2D eigenvalue weighted by Crippen LogP contribution is -2.44. The Kier molecular flexibility index (Phi) is 12.8. The third-order valence-corrected chi connectivity index (χ3v) is 16.0. The van der Waals surface area contributed by atoms with Gasteiger partial charge in [-0.05, 0) is 131 Å². The van der Waals surface area contributed by atoms with Gasteiger partial charge in [0.05, 0.1) is 5.60 Å². The van der Waals surface area contributed by atoms with E-state index in [-0.39, 0.29) is 28.3 Å². The molecule has 1 aromatic rings. The van der Waals surface area contributed by atoms with E-state index in [2.05, 4.69) is 84.8 Å². The van der Waals surface area contributed by atoms with Gasteiger partial charge in [-0.15, -0.1) is 0 Å². The summed E-state index contributed by atoms with van der Waals surface area (Å²) in [6.07, 6.45) is 16.6. The molecule has 4 atom stereocenters. The Balaban J connectivity index is 1.55. The molecule has 1 amide bonds. The predicted molar refractivity (Wildman–Crippen MR) is 201 cm³/mol. The summed E-state index contributed by atoms with van der Waals surface area (Å²) in [5, 5.41) is 3.14. The van der Waals surface area contributed by atoms with E-state index in [1.54, 1.807) is 7.11 Å². The summed E-state index contributed by atoms with van der Waals surface area (Å²) in [5.41, 5.74) is 5.73. The highest BCUT2D eigenvalue weighted by atomic mass is 28.4. The first-order valence-corrected chi connectivity index (χ1v) is 21.1. The molecular formula is C41H63NO5Si. The first kappa shape index (κ1) is 38.4. The second kappa shape index (κ2) is 16.1. The van der Waals surface area contributed by atoms with E-state index in [1.165, 1.54) is 22.3 Å². The van der Waals surface area contributed by atoms with E-state index < -0.39 is 14.4 Å². The number of ether oxygens (including phenoxy) is 3. The first-order valence-electron chi connectivity index (χ1n) is 18.2. The third kappa shape index (κ3) is 9.83. The molecule has 3 aliphatic rings. The number of allylic oxidation sites excluding steroid dienone is 5. The highest BCUT2D eigenvalue weighted by molar-refractivity contribution is 6.74. The molecule has 0 bridgehead atoms. The average molecular weight is 678 g/mol. The van der Waals surface area contributed by atoms with Gasteiger partial charge in [-0.3, -0.25) is 5.32 Å². The Morgan fingerprint density at radius 3 is 2.52 bits per heavy atom. The Morgan fingerprint density at radius 2 is 1.83 bits per heavy atom. The van der Waals surface area contributed by atoms with Crippen LogP contribution in [0.3, 0.4) is 0 Å². The van der Waals surface area contributed by atoms with E-state index in [0.29, 0.717) is 12.7 Å². The summed E-state index contributed by atoms with van der Waals surface area (Å²) in [6, 6.07) is 9.54. The molecule has 1 N–H and O–H groups in total. The third-order valence-electron chi connectivity index (χ3n) is 11.5. The van der Waals surface area contributed by atoms with Gasteiger partial charge in [0, 0.05) is 18.9 Å². The normalized spacial score (nSPS) is 27.8. The number of carbonyl (C=O) groups excluding carboxylic acids is 1. The standard InChI is InChI=1S/C41H63NO5Si/c1-30-21-24-34(47-48(9,10)39(2,3)4)27-32(30)23-22-31-17-16-26-41(7)35(20-14-15-25-40(5,6)45-29-44-8)37(28-36(31)41)46-38(43)42-33-18-12-11-13-19-33/h11-13,18-20,22-23,34,36-37H,1,14-17,21,24-29H2,2-10H3,(H,42,43)/b31-22+,32-23-,35-20-/t34-,36-,37+,41+/m0/s1. The van der Waals surface area contributed by atoms with E-state index >= 15 is 0 Å². The minimum atomic E-state index is -1.85. The molecule has 7 heteroatoms. The van der Waals surface area contributed by atoms with Gasteiger partial charge in [-0.25, -0.2) is 4.79 Å². The van der Waals surface area contributed by atoms with Crippen LogP contribution in [0.25, 0.3) is 0 Å². The molecule has 1 aromatic carbocycles. The van der Waals surface area contributed by atoms with Crippen molar-refractivity contribution in [3.63, 3.8) is 0 Å². The van der Waals surface area contributed by atoms with E-state index in [9.17, 15) is 4.79 Å². The van der Waals surface area contributed by atoms with Crippen LogP contribution < -0.4 is 5.32 Å². The molecule has 6 nitrogen and oxygen atoms in total. The van der Waals surface area contributed by atoms with Gasteiger partial charge in [0.1, 0.15) is 12.9 Å². The number of benzene rings is 1. The van der Waals surface area contributed by atoms with Crippen LogP contribution in [0.1, 0.15) is 106 Å². The number of anilines is 1. The topological polar surface area (TPSA) is 66.0 Å². The van der Waals surface area contributed by atoms with Crippen molar-refractivity contribution < 1.29 is 23.4 Å². The average Bonchev–Trinajstić information content (AvgIpc) is 3.29. The maximum Gasteiger partial charge on any atom is 0.412 e. The number of nitrogens with one attached hydrogen (secondary N) is 1. The van der Waals surface area contributed by atoms with Crippen molar-refractivity contribution in [1.82, 2.24) is 0 Å². The van der Waals surface area contributed by atoms with Crippen molar-refractivity contribution >= 4 is 20.1 Å². The Labute approximate surface area is 292 Å². The highest BCUT2D eigenvalue weighted by Crippen LogP contribution is 2.58. The van der Waals surface area contributed by atoms with Gasteiger partial charge < -0.3 is 18.6 Å². The lowest BCUT2D eigenvalue weighted by atomic mass is 9.65. The molecule has 0 aromatic heterocycles. The molecule has 0 unspecified atom stereocenters. The molecule has 3 aliphatic carbocycles. The van der Waals surface area contributed by atoms with Crippen LogP contribution in [-0.4, -0.2) is 46.1 Å². The predicted octanol–water partition coefficient (Wildman–Crippen LogP) is 11.3. The van der Waals surface area contributed by atoms with Crippen molar-refractivity contribution in [1.29, 1.82) is 0 Å². The molecule has 266 valence electrons. The van der Waals surface area contributed by atoms with Crippen LogP contribution in [0, 0.1) is 11.3 Å². The second-order valence-electron chi connectivity index (χ2n) is 16.6. The van der Waals surface area contributed by atoms with Gasteiger partial charge in [0.2, 0.25) is 0 Å². The fourth-order valence-corrected chi connectivity index (χ4v) is 8.90. The van der Waals surface area contributed by atoms with E-state index in [1.807, 2.05) is 30.3 Å². The zero-order valence-corrected chi connectivity index (χ0v) is 32.4. The molecule has 3 fully saturated rings. The smallest absolute Gasteiger partial charge is 0.412 e. The fraction of sp³-hybridized carbons (Fsp3) is 0.634. The molecule has 48 heavy (non-hydrogen) atoms. The molecule has 0 radical (unpaired) electrons. The number of hydrogen-bond acceptors (Lipinski definition) is 5. The van der Waals surface area contributed by atoms with Crippen molar-refractivity contribution in [3.8, 4) is 0 Å². The maximum atomic E-state index is 13.2. The van der Waals surface area contributed by atoms with Crippen molar-refractivity contribution in [2.24, 2.45) is 11.3 Å². The minimum absolute atomic E-state index is 0.0556. The SMILES string of the molecule is C=C1CC[C@H](O[Si](C)(C)C(C)(C)C)C/C1=C/C=C1\CCC[C@]2(C)/C(=C\CCCC(C)(C)OCOC)[C@H](OC(=O)Nc3ccccc3)C[C@@H]12. The number of carbonyl (C=O) groups is 1. The van der Waals surface area contributed by atoms with Crippen molar-refractivity contribution in [3.05, 3.63) is 77.4 Å². The lowest BCUT2D eigenvalue weighted by molar-refractivity contribution is -0.117. The summed E-state index contributed by atoms with van der Waals surface area (Å²) >= 11 is 0. The van der Waals surface area contributed by atoms with E-state index in [4.69, 9.17) is 18.6 Å². The Morgan fingerprint density at radius 1 is 1.10 bits per heavy atom. The van der Waals surface area contributed by atoms with Crippen molar-refractivity contribution in [2.45, 2.75) is 142 Å². The molecular weight excluding hydrogens is 615 g/mol. The summed E-state index contributed by atoms with van der Waals surface area (Å²) < 4.78 is 24.1. The maximum absolute atomic E-state index is 13.2. The van der Waals surface area contributed by atoms with Gasteiger partial charge in [0.25, 0.3) is 0 Å².